The summed E-state index contributed by atoms with van der Waals surface area (Å²) < 4.78 is 42.0. The fourth-order valence-corrected chi connectivity index (χ4v) is 3.99. The van der Waals surface area contributed by atoms with Gasteiger partial charge >= 0.3 is 6.18 Å². The van der Waals surface area contributed by atoms with Crippen LogP contribution in [0.15, 0.2) is 23.3 Å². The van der Waals surface area contributed by atoms with Gasteiger partial charge in [-0.15, -0.1) is 24.0 Å². The minimum Gasteiger partial charge on any atom is -0.468 e. The first kappa shape index (κ1) is 22.0. The number of alkyl halides is 3. The summed E-state index contributed by atoms with van der Waals surface area (Å²) in [6.07, 6.45) is 3.38. The molecule has 5 nitrogen and oxygen atoms in total. The van der Waals surface area contributed by atoms with E-state index < -0.39 is 12.8 Å². The van der Waals surface area contributed by atoms with Crippen molar-refractivity contribution in [3.05, 3.63) is 23.9 Å². The van der Waals surface area contributed by atoms with Crippen molar-refractivity contribution in [3.63, 3.8) is 0 Å². The SMILES string of the molecule is CN=C(NCc1cccnc1OCC(F)(F)F)N1CCC2(CCCC2)C1.I. The van der Waals surface area contributed by atoms with Gasteiger partial charge in [0.15, 0.2) is 12.6 Å². The van der Waals surface area contributed by atoms with E-state index >= 15 is 0 Å². The first-order chi connectivity index (χ1) is 12.4. The van der Waals surface area contributed by atoms with Crippen LogP contribution in [0.1, 0.15) is 37.7 Å². The summed E-state index contributed by atoms with van der Waals surface area (Å²) in [5.74, 6) is 0.779. The maximum Gasteiger partial charge on any atom is 0.422 e. The van der Waals surface area contributed by atoms with E-state index in [2.05, 4.69) is 20.2 Å². The molecule has 2 fully saturated rings. The number of likely N-dealkylation sites (tertiary alicyclic amines) is 1. The van der Waals surface area contributed by atoms with Crippen LogP contribution in [0.25, 0.3) is 0 Å². The van der Waals surface area contributed by atoms with Crippen molar-refractivity contribution in [3.8, 4) is 5.88 Å². The number of hydrogen-bond acceptors (Lipinski definition) is 3. The summed E-state index contributed by atoms with van der Waals surface area (Å²) in [6.45, 7) is 0.929. The second-order valence-electron chi connectivity index (χ2n) is 7.15. The Morgan fingerprint density at radius 3 is 2.74 bits per heavy atom. The van der Waals surface area contributed by atoms with Gasteiger partial charge in [-0.3, -0.25) is 4.99 Å². The predicted molar refractivity (Wildman–Crippen MR) is 108 cm³/mol. The van der Waals surface area contributed by atoms with Crippen molar-refractivity contribution >= 4 is 29.9 Å². The predicted octanol–water partition coefficient (Wildman–Crippen LogP) is 3.98. The third kappa shape index (κ3) is 5.86. The van der Waals surface area contributed by atoms with Gasteiger partial charge in [-0.05, 0) is 30.7 Å². The lowest BCUT2D eigenvalue weighted by molar-refractivity contribution is -0.154. The first-order valence-corrected chi connectivity index (χ1v) is 9.00. The molecule has 152 valence electrons. The van der Waals surface area contributed by atoms with E-state index in [-0.39, 0.29) is 29.9 Å². The zero-order valence-corrected chi connectivity index (χ0v) is 17.7. The van der Waals surface area contributed by atoms with Crippen LogP contribution in [0.2, 0.25) is 0 Å². The molecule has 9 heteroatoms. The zero-order valence-electron chi connectivity index (χ0n) is 15.4. The number of nitrogens with zero attached hydrogens (tertiary/aromatic N) is 3. The fraction of sp³-hybridized carbons (Fsp3) is 0.667. The van der Waals surface area contributed by atoms with Gasteiger partial charge in [-0.25, -0.2) is 4.98 Å². The first-order valence-electron chi connectivity index (χ1n) is 9.00. The van der Waals surface area contributed by atoms with E-state index in [0.29, 0.717) is 17.5 Å². The van der Waals surface area contributed by atoms with Crippen molar-refractivity contribution < 1.29 is 17.9 Å². The lowest BCUT2D eigenvalue weighted by atomic mass is 9.86. The lowest BCUT2D eigenvalue weighted by Crippen LogP contribution is -2.40. The van der Waals surface area contributed by atoms with Crippen LogP contribution in [0, 0.1) is 5.41 Å². The molecule has 3 rings (SSSR count). The lowest BCUT2D eigenvalue weighted by Gasteiger charge is -2.26. The topological polar surface area (TPSA) is 49.8 Å². The number of nitrogens with one attached hydrogen (secondary N) is 1. The van der Waals surface area contributed by atoms with Crippen molar-refractivity contribution in [2.45, 2.75) is 44.8 Å². The number of hydrogen-bond donors (Lipinski definition) is 1. The Bertz CT molecular complexity index is 648. The fourth-order valence-electron chi connectivity index (χ4n) is 3.99. The molecule has 2 aliphatic rings. The standard InChI is InChI=1S/C18H25F3N4O.HI/c1-22-16(25-10-8-17(12-25)6-2-3-7-17)24-11-14-5-4-9-23-15(14)26-13-18(19,20)21;/h4-5,9H,2-3,6-8,10-13H2,1H3,(H,22,24);1H. The van der Waals surface area contributed by atoms with Gasteiger partial charge in [0.1, 0.15) is 0 Å². The molecule has 0 radical (unpaired) electrons. The Labute approximate surface area is 174 Å². The van der Waals surface area contributed by atoms with Gasteiger partial charge in [0, 0.05) is 38.4 Å². The monoisotopic (exact) mass is 498 g/mol. The molecule has 0 bridgehead atoms. The van der Waals surface area contributed by atoms with Crippen molar-refractivity contribution in [2.24, 2.45) is 10.4 Å². The Kier molecular flexibility index (Phi) is 7.58. The smallest absolute Gasteiger partial charge is 0.422 e. The van der Waals surface area contributed by atoms with E-state index in [0.717, 1.165) is 19.0 Å². The molecule has 27 heavy (non-hydrogen) atoms. The molecule has 0 atom stereocenters. The Morgan fingerprint density at radius 2 is 2.07 bits per heavy atom. The molecule has 2 heterocycles. The quantitative estimate of drug-likeness (QED) is 0.388. The maximum atomic E-state index is 12.4. The van der Waals surface area contributed by atoms with Crippen molar-refractivity contribution in [1.29, 1.82) is 0 Å². The summed E-state index contributed by atoms with van der Waals surface area (Å²) in [6, 6.07) is 3.39. The van der Waals surface area contributed by atoms with Crippen LogP contribution in [0.4, 0.5) is 13.2 Å². The van der Waals surface area contributed by atoms with Crippen LogP contribution >= 0.6 is 24.0 Å². The summed E-state index contributed by atoms with van der Waals surface area (Å²) in [5.41, 5.74) is 1.00. The third-order valence-corrected chi connectivity index (χ3v) is 5.27. The molecule has 1 aromatic rings. The average molecular weight is 498 g/mol. The number of aliphatic imine (C=N–C) groups is 1. The molecular formula is C18H26F3IN4O. The van der Waals surface area contributed by atoms with Crippen LogP contribution < -0.4 is 10.1 Å². The van der Waals surface area contributed by atoms with Crippen molar-refractivity contribution in [2.75, 3.05) is 26.7 Å². The summed E-state index contributed by atoms with van der Waals surface area (Å²) in [4.78, 5) is 10.5. The van der Waals surface area contributed by atoms with Crippen LogP contribution in [0.3, 0.4) is 0 Å². The molecule has 0 aromatic carbocycles. The molecule has 0 amide bonds. The largest absolute Gasteiger partial charge is 0.468 e. The molecule has 0 unspecified atom stereocenters. The number of guanidine groups is 1. The highest BCUT2D eigenvalue weighted by molar-refractivity contribution is 14.0. The van der Waals surface area contributed by atoms with Gasteiger partial charge in [0.2, 0.25) is 5.88 Å². The number of pyridine rings is 1. The highest BCUT2D eigenvalue weighted by Gasteiger charge is 2.41. The maximum absolute atomic E-state index is 12.4. The third-order valence-electron chi connectivity index (χ3n) is 5.27. The molecule has 1 aliphatic carbocycles. The molecule has 1 spiro atoms. The average Bonchev–Trinajstić information content (AvgIpc) is 3.24. The van der Waals surface area contributed by atoms with Crippen molar-refractivity contribution in [1.82, 2.24) is 15.2 Å². The highest BCUT2D eigenvalue weighted by Crippen LogP contribution is 2.45. The highest BCUT2D eigenvalue weighted by atomic mass is 127. The molecule has 1 aromatic heterocycles. The Morgan fingerprint density at radius 1 is 1.33 bits per heavy atom. The minimum absolute atomic E-state index is 0. The second-order valence-corrected chi connectivity index (χ2v) is 7.15. The molecular weight excluding hydrogens is 472 g/mol. The van der Waals surface area contributed by atoms with E-state index in [1.54, 1.807) is 19.2 Å². The van der Waals surface area contributed by atoms with Gasteiger partial charge < -0.3 is 15.0 Å². The minimum atomic E-state index is -4.39. The Hall–Kier alpha value is -1.26. The zero-order chi connectivity index (χ0) is 18.6. The normalized spacial score (nSPS) is 19.3. The molecule has 1 aliphatic heterocycles. The van der Waals surface area contributed by atoms with E-state index in [1.165, 1.54) is 38.3 Å². The molecule has 1 saturated carbocycles. The van der Waals surface area contributed by atoms with Gasteiger partial charge in [-0.2, -0.15) is 13.2 Å². The van der Waals surface area contributed by atoms with Crippen LogP contribution in [-0.4, -0.2) is 48.8 Å². The van der Waals surface area contributed by atoms with E-state index in [4.69, 9.17) is 4.74 Å². The second kappa shape index (κ2) is 9.29. The Balaban J connectivity index is 0.00000261. The van der Waals surface area contributed by atoms with Gasteiger partial charge in [0.05, 0.1) is 0 Å². The molecule has 1 N–H and O–H groups in total. The number of rotatable bonds is 4. The van der Waals surface area contributed by atoms with Crippen LogP contribution in [0.5, 0.6) is 5.88 Å². The summed E-state index contributed by atoms with van der Waals surface area (Å²) in [7, 11) is 1.73. The van der Waals surface area contributed by atoms with Gasteiger partial charge in [0.25, 0.3) is 0 Å². The van der Waals surface area contributed by atoms with Gasteiger partial charge in [-0.1, -0.05) is 18.9 Å². The summed E-state index contributed by atoms with van der Waals surface area (Å²) in [5, 5.41) is 3.25. The number of aromatic nitrogens is 1. The van der Waals surface area contributed by atoms with Crippen LogP contribution in [-0.2, 0) is 6.54 Å². The van der Waals surface area contributed by atoms with E-state index in [9.17, 15) is 13.2 Å². The number of ether oxygens (including phenoxy) is 1. The molecule has 1 saturated heterocycles. The van der Waals surface area contributed by atoms with E-state index in [1.807, 2.05) is 0 Å². The number of halogens is 4. The summed E-state index contributed by atoms with van der Waals surface area (Å²) >= 11 is 0.